The maximum Gasteiger partial charge on any atom is 0.341 e. The number of rotatable bonds is 5. The number of benzene rings is 1. The number of pyridine rings is 1. The van der Waals surface area contributed by atoms with Crippen molar-refractivity contribution in [3.63, 3.8) is 0 Å². The standard InChI is InChI=1S/C17H17ClN2O5/c1-9(2)25-16-12(18)7-10(8-19-16)15(22)20-13-6-4-5-11(14(13)21)17(23)24-3/h4-9,21H,1-3H3,(H,20,22). The molecule has 8 heteroatoms. The van der Waals surface area contributed by atoms with Gasteiger partial charge in [-0.15, -0.1) is 0 Å². The zero-order valence-corrected chi connectivity index (χ0v) is 14.6. The molecule has 0 atom stereocenters. The Bertz CT molecular complexity index is 808. The van der Waals surface area contributed by atoms with Crippen LogP contribution in [0.25, 0.3) is 0 Å². The van der Waals surface area contributed by atoms with Crippen LogP contribution in [0.3, 0.4) is 0 Å². The van der Waals surface area contributed by atoms with Gasteiger partial charge in [0.1, 0.15) is 10.6 Å². The molecule has 7 nitrogen and oxygen atoms in total. The number of para-hydroxylation sites is 1. The van der Waals surface area contributed by atoms with Gasteiger partial charge >= 0.3 is 5.97 Å². The van der Waals surface area contributed by atoms with E-state index in [4.69, 9.17) is 16.3 Å². The summed E-state index contributed by atoms with van der Waals surface area (Å²) in [6, 6.07) is 5.74. The summed E-state index contributed by atoms with van der Waals surface area (Å²) in [5.74, 6) is -1.43. The SMILES string of the molecule is COC(=O)c1cccc(NC(=O)c2cnc(OC(C)C)c(Cl)c2)c1O. The third-order valence-electron chi connectivity index (χ3n) is 3.11. The van der Waals surface area contributed by atoms with Crippen molar-refractivity contribution in [2.45, 2.75) is 20.0 Å². The van der Waals surface area contributed by atoms with Crippen LogP contribution < -0.4 is 10.1 Å². The van der Waals surface area contributed by atoms with Crippen LogP contribution in [-0.2, 0) is 4.74 Å². The first kappa shape index (κ1) is 18.5. The van der Waals surface area contributed by atoms with Crippen molar-refractivity contribution < 1.29 is 24.2 Å². The number of anilines is 1. The van der Waals surface area contributed by atoms with Crippen molar-refractivity contribution in [1.82, 2.24) is 4.98 Å². The summed E-state index contributed by atoms with van der Waals surface area (Å²) >= 11 is 6.06. The van der Waals surface area contributed by atoms with E-state index in [2.05, 4.69) is 15.0 Å². The van der Waals surface area contributed by atoms with E-state index in [0.717, 1.165) is 0 Å². The topological polar surface area (TPSA) is 97.8 Å². The van der Waals surface area contributed by atoms with Crippen LogP contribution in [0.4, 0.5) is 5.69 Å². The molecule has 0 radical (unpaired) electrons. The lowest BCUT2D eigenvalue weighted by Crippen LogP contribution is -2.14. The molecule has 2 aromatic rings. The zero-order chi connectivity index (χ0) is 18.6. The zero-order valence-electron chi connectivity index (χ0n) is 13.9. The number of nitrogens with one attached hydrogen (secondary N) is 1. The summed E-state index contributed by atoms with van der Waals surface area (Å²) in [5, 5.41) is 12.8. The summed E-state index contributed by atoms with van der Waals surface area (Å²) in [6.45, 7) is 3.66. The molecule has 25 heavy (non-hydrogen) atoms. The number of carbonyl (C=O) groups is 2. The second-order valence-electron chi connectivity index (χ2n) is 5.33. The number of halogens is 1. The molecule has 0 unspecified atom stereocenters. The van der Waals surface area contributed by atoms with Gasteiger partial charge in [-0.25, -0.2) is 9.78 Å². The van der Waals surface area contributed by atoms with Crippen molar-refractivity contribution in [1.29, 1.82) is 0 Å². The van der Waals surface area contributed by atoms with Crippen LogP contribution in [0.1, 0.15) is 34.6 Å². The second-order valence-corrected chi connectivity index (χ2v) is 5.73. The van der Waals surface area contributed by atoms with E-state index < -0.39 is 11.9 Å². The van der Waals surface area contributed by atoms with Gasteiger partial charge in [0.05, 0.1) is 24.5 Å². The summed E-state index contributed by atoms with van der Waals surface area (Å²) in [4.78, 5) is 27.9. The number of aromatic hydroxyl groups is 1. The van der Waals surface area contributed by atoms with Gasteiger partial charge < -0.3 is 19.9 Å². The van der Waals surface area contributed by atoms with Crippen LogP contribution in [0.15, 0.2) is 30.5 Å². The highest BCUT2D eigenvalue weighted by atomic mass is 35.5. The Morgan fingerprint density at radius 3 is 2.64 bits per heavy atom. The van der Waals surface area contributed by atoms with Gasteiger partial charge in [0.25, 0.3) is 5.91 Å². The predicted molar refractivity (Wildman–Crippen MR) is 92.4 cm³/mol. The number of hydrogen-bond acceptors (Lipinski definition) is 6. The van der Waals surface area contributed by atoms with E-state index in [1.807, 2.05) is 13.8 Å². The minimum Gasteiger partial charge on any atom is -0.505 e. The van der Waals surface area contributed by atoms with E-state index >= 15 is 0 Å². The van der Waals surface area contributed by atoms with Crippen LogP contribution in [0.2, 0.25) is 5.02 Å². The van der Waals surface area contributed by atoms with Crippen molar-refractivity contribution in [3.05, 3.63) is 46.6 Å². The van der Waals surface area contributed by atoms with Crippen molar-refractivity contribution in [2.75, 3.05) is 12.4 Å². The van der Waals surface area contributed by atoms with Gasteiger partial charge in [0, 0.05) is 6.20 Å². The highest BCUT2D eigenvalue weighted by Crippen LogP contribution is 2.29. The second kappa shape index (κ2) is 7.85. The molecule has 0 fully saturated rings. The van der Waals surface area contributed by atoms with Gasteiger partial charge in [-0.3, -0.25) is 4.79 Å². The first-order valence-corrected chi connectivity index (χ1v) is 7.75. The van der Waals surface area contributed by atoms with E-state index in [0.29, 0.717) is 0 Å². The first-order chi connectivity index (χ1) is 11.8. The summed E-state index contributed by atoms with van der Waals surface area (Å²) in [7, 11) is 1.20. The monoisotopic (exact) mass is 364 g/mol. The number of phenols is 1. The lowest BCUT2D eigenvalue weighted by Gasteiger charge is -2.12. The number of ether oxygens (including phenoxy) is 2. The van der Waals surface area contributed by atoms with E-state index in [1.54, 1.807) is 0 Å². The van der Waals surface area contributed by atoms with Crippen molar-refractivity contribution >= 4 is 29.2 Å². The molecule has 0 bridgehead atoms. The molecule has 0 aliphatic heterocycles. The fraction of sp³-hybridized carbons (Fsp3) is 0.235. The number of nitrogens with zero attached hydrogens (tertiary/aromatic N) is 1. The number of esters is 1. The van der Waals surface area contributed by atoms with Gasteiger partial charge in [0.2, 0.25) is 5.88 Å². The predicted octanol–water partition coefficient (Wildman–Crippen LogP) is 3.27. The lowest BCUT2D eigenvalue weighted by molar-refractivity contribution is 0.0597. The van der Waals surface area contributed by atoms with E-state index in [-0.39, 0.29) is 39.6 Å². The van der Waals surface area contributed by atoms with Crippen molar-refractivity contribution in [2.24, 2.45) is 0 Å². The lowest BCUT2D eigenvalue weighted by atomic mass is 10.1. The Hall–Kier alpha value is -2.80. The fourth-order valence-corrected chi connectivity index (χ4v) is 2.18. The maximum atomic E-state index is 12.3. The van der Waals surface area contributed by atoms with Crippen LogP contribution in [0.5, 0.6) is 11.6 Å². The largest absolute Gasteiger partial charge is 0.505 e. The van der Waals surface area contributed by atoms with Crippen LogP contribution >= 0.6 is 11.6 Å². The number of amides is 1. The van der Waals surface area contributed by atoms with Crippen molar-refractivity contribution in [3.8, 4) is 11.6 Å². The quantitative estimate of drug-likeness (QED) is 0.624. The van der Waals surface area contributed by atoms with Gasteiger partial charge in [-0.1, -0.05) is 17.7 Å². The Labute approximate surface area is 149 Å². The third-order valence-corrected chi connectivity index (χ3v) is 3.38. The van der Waals surface area contributed by atoms with E-state index in [9.17, 15) is 14.7 Å². The number of hydrogen-bond donors (Lipinski definition) is 2. The minimum atomic E-state index is -0.714. The molecule has 1 aromatic carbocycles. The molecular weight excluding hydrogens is 348 g/mol. The summed E-state index contributed by atoms with van der Waals surface area (Å²) in [5.41, 5.74) is 0.174. The molecule has 0 aliphatic rings. The van der Waals surface area contributed by atoms with Gasteiger partial charge in [-0.2, -0.15) is 0 Å². The normalized spacial score (nSPS) is 10.4. The van der Waals surface area contributed by atoms with Gasteiger partial charge in [0.15, 0.2) is 5.75 Å². The van der Waals surface area contributed by atoms with Crippen LogP contribution in [-0.4, -0.2) is 35.2 Å². The molecule has 1 heterocycles. The molecule has 0 spiro atoms. The summed E-state index contributed by atoms with van der Waals surface area (Å²) < 4.78 is 9.97. The maximum absolute atomic E-state index is 12.3. The highest BCUT2D eigenvalue weighted by Gasteiger charge is 2.17. The molecule has 2 N–H and O–H groups in total. The Morgan fingerprint density at radius 2 is 2.04 bits per heavy atom. The molecule has 1 aromatic heterocycles. The molecule has 0 aliphatic carbocycles. The third kappa shape index (κ3) is 4.39. The number of carbonyl (C=O) groups excluding carboxylic acids is 2. The number of aromatic nitrogens is 1. The average Bonchev–Trinajstić information content (AvgIpc) is 2.57. The molecular formula is C17H17ClN2O5. The number of methoxy groups -OCH3 is 1. The van der Waals surface area contributed by atoms with Gasteiger partial charge in [-0.05, 0) is 32.0 Å². The molecule has 132 valence electrons. The Kier molecular flexibility index (Phi) is 5.82. The molecule has 1 amide bonds. The summed E-state index contributed by atoms with van der Waals surface area (Å²) in [6.07, 6.45) is 1.20. The average molecular weight is 365 g/mol. The highest BCUT2D eigenvalue weighted by molar-refractivity contribution is 6.32. The minimum absolute atomic E-state index is 0.0582. The van der Waals surface area contributed by atoms with E-state index in [1.165, 1.54) is 37.6 Å². The first-order valence-electron chi connectivity index (χ1n) is 7.37. The fourth-order valence-electron chi connectivity index (χ4n) is 1.97. The molecule has 0 saturated carbocycles. The van der Waals surface area contributed by atoms with Crippen LogP contribution in [0, 0.1) is 0 Å². The molecule has 0 saturated heterocycles. The Morgan fingerprint density at radius 1 is 1.32 bits per heavy atom. The smallest absolute Gasteiger partial charge is 0.341 e. The Balaban J connectivity index is 2.23. The molecule has 2 rings (SSSR count). The number of phenolic OH excluding ortho intramolecular Hbond substituents is 1.